The molecule has 1 amide bonds. The number of rotatable bonds is 8. The highest BCUT2D eigenvalue weighted by Gasteiger charge is 2.35. The molecule has 1 saturated heterocycles. The molecular formula is C18H28BrClN2O2. The third kappa shape index (κ3) is 6.36. The third-order valence-corrected chi connectivity index (χ3v) is 5.01. The fourth-order valence-electron chi connectivity index (χ4n) is 3.09. The molecule has 0 aromatic heterocycles. The molecule has 0 saturated carbocycles. The van der Waals surface area contributed by atoms with Crippen molar-refractivity contribution in [2.75, 3.05) is 19.8 Å². The van der Waals surface area contributed by atoms with Crippen molar-refractivity contribution in [3.05, 3.63) is 34.3 Å². The SMILES string of the molecule is Cl.NCCCCCCC(=O)NC1(c2ccc(Br)cc2)CCOCC1. The van der Waals surface area contributed by atoms with Crippen molar-refractivity contribution in [1.82, 2.24) is 5.32 Å². The molecule has 2 rings (SSSR count). The Morgan fingerprint density at radius 2 is 1.75 bits per heavy atom. The summed E-state index contributed by atoms with van der Waals surface area (Å²) in [5.41, 5.74) is 6.37. The van der Waals surface area contributed by atoms with Gasteiger partial charge in [0.2, 0.25) is 5.91 Å². The van der Waals surface area contributed by atoms with Crippen molar-refractivity contribution in [1.29, 1.82) is 0 Å². The third-order valence-electron chi connectivity index (χ3n) is 4.48. The number of unbranched alkanes of at least 4 members (excludes halogenated alkanes) is 3. The fraction of sp³-hybridized carbons (Fsp3) is 0.611. The number of carbonyl (C=O) groups excluding carboxylic acids is 1. The smallest absolute Gasteiger partial charge is 0.220 e. The van der Waals surface area contributed by atoms with Gasteiger partial charge in [-0.2, -0.15) is 0 Å². The summed E-state index contributed by atoms with van der Waals surface area (Å²) in [6, 6.07) is 8.25. The van der Waals surface area contributed by atoms with Gasteiger partial charge in [-0.1, -0.05) is 40.9 Å². The highest BCUT2D eigenvalue weighted by atomic mass is 79.9. The van der Waals surface area contributed by atoms with Crippen molar-refractivity contribution in [2.24, 2.45) is 5.73 Å². The van der Waals surface area contributed by atoms with E-state index in [-0.39, 0.29) is 23.9 Å². The number of halogens is 2. The maximum absolute atomic E-state index is 12.4. The van der Waals surface area contributed by atoms with E-state index in [0.29, 0.717) is 19.6 Å². The summed E-state index contributed by atoms with van der Waals surface area (Å²) < 4.78 is 6.56. The van der Waals surface area contributed by atoms with E-state index in [1.54, 1.807) is 0 Å². The summed E-state index contributed by atoms with van der Waals surface area (Å²) in [4.78, 5) is 12.4. The standard InChI is InChI=1S/C18H27BrN2O2.ClH/c19-16-8-6-15(7-9-16)18(10-13-23-14-11-18)21-17(22)5-3-1-2-4-12-20;/h6-9H,1-5,10-14,20H2,(H,21,22);1H. The van der Waals surface area contributed by atoms with Gasteiger partial charge >= 0.3 is 0 Å². The Bertz CT molecular complexity index is 490. The molecule has 0 bridgehead atoms. The highest BCUT2D eigenvalue weighted by molar-refractivity contribution is 9.10. The highest BCUT2D eigenvalue weighted by Crippen LogP contribution is 2.33. The van der Waals surface area contributed by atoms with Gasteiger partial charge in [0.25, 0.3) is 0 Å². The molecule has 0 spiro atoms. The second kappa shape index (κ2) is 11.1. The molecule has 0 unspecified atom stereocenters. The lowest BCUT2D eigenvalue weighted by Gasteiger charge is -2.38. The lowest BCUT2D eigenvalue weighted by molar-refractivity contribution is -0.124. The summed E-state index contributed by atoms with van der Waals surface area (Å²) in [6.45, 7) is 2.11. The number of nitrogens with one attached hydrogen (secondary N) is 1. The molecule has 0 aliphatic carbocycles. The van der Waals surface area contributed by atoms with Crippen molar-refractivity contribution >= 4 is 34.2 Å². The zero-order valence-corrected chi connectivity index (χ0v) is 16.5. The Hall–Kier alpha value is -0.620. The minimum absolute atomic E-state index is 0. The van der Waals surface area contributed by atoms with Crippen LogP contribution in [0, 0.1) is 0 Å². The van der Waals surface area contributed by atoms with Crippen LogP contribution in [0.1, 0.15) is 50.5 Å². The van der Waals surface area contributed by atoms with E-state index in [1.165, 1.54) is 5.56 Å². The van der Waals surface area contributed by atoms with Crippen molar-refractivity contribution in [3.63, 3.8) is 0 Å². The van der Waals surface area contributed by atoms with Gasteiger partial charge in [-0.05, 0) is 49.9 Å². The summed E-state index contributed by atoms with van der Waals surface area (Å²) in [5.74, 6) is 0.141. The average molecular weight is 420 g/mol. The molecule has 1 aliphatic rings. The average Bonchev–Trinajstić information content (AvgIpc) is 2.56. The second-order valence-electron chi connectivity index (χ2n) is 6.20. The predicted octanol–water partition coefficient (Wildman–Crippen LogP) is 3.90. The quantitative estimate of drug-likeness (QED) is 0.628. The molecule has 136 valence electrons. The number of ether oxygens (including phenoxy) is 1. The number of amides is 1. The van der Waals surface area contributed by atoms with E-state index in [0.717, 1.165) is 49.5 Å². The monoisotopic (exact) mass is 418 g/mol. The van der Waals surface area contributed by atoms with E-state index in [9.17, 15) is 4.79 Å². The molecule has 1 heterocycles. The summed E-state index contributed by atoms with van der Waals surface area (Å²) >= 11 is 3.47. The van der Waals surface area contributed by atoms with E-state index >= 15 is 0 Å². The zero-order chi connectivity index (χ0) is 16.5. The molecule has 1 fully saturated rings. The Labute approximate surface area is 159 Å². The Kier molecular flexibility index (Phi) is 9.89. The Morgan fingerprint density at radius 1 is 1.12 bits per heavy atom. The van der Waals surface area contributed by atoms with Crippen LogP contribution >= 0.6 is 28.3 Å². The van der Waals surface area contributed by atoms with Crippen LogP contribution in [0.3, 0.4) is 0 Å². The first-order chi connectivity index (χ1) is 11.2. The number of benzene rings is 1. The van der Waals surface area contributed by atoms with Gasteiger partial charge < -0.3 is 15.8 Å². The first-order valence-corrected chi connectivity index (χ1v) is 9.30. The minimum Gasteiger partial charge on any atom is -0.381 e. The summed E-state index contributed by atoms with van der Waals surface area (Å²) in [7, 11) is 0. The van der Waals surface area contributed by atoms with Crippen molar-refractivity contribution in [3.8, 4) is 0 Å². The maximum atomic E-state index is 12.4. The maximum Gasteiger partial charge on any atom is 0.220 e. The van der Waals surface area contributed by atoms with Crippen LogP contribution < -0.4 is 11.1 Å². The molecule has 3 N–H and O–H groups in total. The summed E-state index contributed by atoms with van der Waals surface area (Å²) in [5, 5.41) is 3.30. The van der Waals surface area contributed by atoms with Gasteiger partial charge in [-0.25, -0.2) is 0 Å². The van der Waals surface area contributed by atoms with Gasteiger partial charge in [0.15, 0.2) is 0 Å². The summed E-state index contributed by atoms with van der Waals surface area (Å²) in [6.07, 6.45) is 6.39. The number of hydrogen-bond acceptors (Lipinski definition) is 3. The van der Waals surface area contributed by atoms with Crippen LogP contribution in [0.2, 0.25) is 0 Å². The topological polar surface area (TPSA) is 64.4 Å². The lowest BCUT2D eigenvalue weighted by Crippen LogP contribution is -2.49. The molecule has 6 heteroatoms. The van der Waals surface area contributed by atoms with Crippen LogP contribution in [0.15, 0.2) is 28.7 Å². The normalized spacial score (nSPS) is 16.2. The molecule has 0 atom stereocenters. The van der Waals surface area contributed by atoms with Gasteiger partial charge in [0.1, 0.15) is 0 Å². The largest absolute Gasteiger partial charge is 0.381 e. The number of hydrogen-bond donors (Lipinski definition) is 2. The van der Waals surface area contributed by atoms with Crippen LogP contribution in [-0.2, 0) is 15.1 Å². The first-order valence-electron chi connectivity index (χ1n) is 8.51. The van der Waals surface area contributed by atoms with Gasteiger partial charge in [-0.3, -0.25) is 4.79 Å². The molecule has 24 heavy (non-hydrogen) atoms. The minimum atomic E-state index is -0.284. The molecule has 1 aliphatic heterocycles. The lowest BCUT2D eigenvalue weighted by atomic mass is 9.82. The molecule has 4 nitrogen and oxygen atoms in total. The Balaban J connectivity index is 0.00000288. The Morgan fingerprint density at radius 3 is 2.38 bits per heavy atom. The van der Waals surface area contributed by atoms with E-state index in [4.69, 9.17) is 10.5 Å². The zero-order valence-electron chi connectivity index (χ0n) is 14.1. The molecule has 1 aromatic carbocycles. The van der Waals surface area contributed by atoms with E-state index < -0.39 is 0 Å². The van der Waals surface area contributed by atoms with Crippen molar-refractivity contribution in [2.45, 2.75) is 50.5 Å². The molecule has 0 radical (unpaired) electrons. The number of nitrogens with two attached hydrogens (primary N) is 1. The van der Waals surface area contributed by atoms with Gasteiger partial charge in [0.05, 0.1) is 5.54 Å². The fourth-order valence-corrected chi connectivity index (χ4v) is 3.35. The van der Waals surface area contributed by atoms with Gasteiger partial charge in [-0.15, -0.1) is 12.4 Å². The van der Waals surface area contributed by atoms with Crippen LogP contribution in [-0.4, -0.2) is 25.7 Å². The van der Waals surface area contributed by atoms with Crippen molar-refractivity contribution < 1.29 is 9.53 Å². The van der Waals surface area contributed by atoms with E-state index in [2.05, 4.69) is 33.4 Å². The first kappa shape index (κ1) is 21.4. The van der Waals surface area contributed by atoms with Crippen LogP contribution in [0.5, 0.6) is 0 Å². The molecule has 1 aromatic rings. The van der Waals surface area contributed by atoms with Gasteiger partial charge in [0, 0.05) is 24.1 Å². The number of carbonyl (C=O) groups is 1. The van der Waals surface area contributed by atoms with Crippen LogP contribution in [0.4, 0.5) is 0 Å². The predicted molar refractivity (Wildman–Crippen MR) is 103 cm³/mol. The van der Waals surface area contributed by atoms with E-state index in [1.807, 2.05) is 12.1 Å². The molecular weight excluding hydrogens is 392 g/mol. The second-order valence-corrected chi connectivity index (χ2v) is 7.12. The van der Waals surface area contributed by atoms with Crippen LogP contribution in [0.25, 0.3) is 0 Å².